The molecule has 1 aromatic carbocycles. The normalized spacial score (nSPS) is 14.2. The van der Waals surface area contributed by atoms with E-state index in [0.717, 1.165) is 24.0 Å². The zero-order valence-corrected chi connectivity index (χ0v) is 11.7. The van der Waals surface area contributed by atoms with Gasteiger partial charge >= 0.3 is 5.97 Å². The third-order valence-electron chi connectivity index (χ3n) is 3.68. The Morgan fingerprint density at radius 2 is 1.75 bits per heavy atom. The van der Waals surface area contributed by atoms with E-state index in [2.05, 4.69) is 6.58 Å². The summed E-state index contributed by atoms with van der Waals surface area (Å²) >= 11 is 0. The number of hydrogen-bond donors (Lipinski definition) is 2. The van der Waals surface area contributed by atoms with E-state index < -0.39 is 0 Å². The van der Waals surface area contributed by atoms with Gasteiger partial charge in [0.25, 0.3) is 0 Å². The van der Waals surface area contributed by atoms with Crippen molar-refractivity contribution in [2.45, 2.75) is 33.0 Å². The number of hydrogen-bond acceptors (Lipinski definition) is 4. The van der Waals surface area contributed by atoms with Crippen LogP contribution in [0.2, 0.25) is 0 Å². The molecule has 0 spiro atoms. The third-order valence-corrected chi connectivity index (χ3v) is 3.68. The number of esters is 1. The van der Waals surface area contributed by atoms with E-state index in [1.165, 1.54) is 11.1 Å². The number of fused-ring (bicyclic) bond motifs is 1. The van der Waals surface area contributed by atoms with Gasteiger partial charge in [-0.1, -0.05) is 18.7 Å². The molecular formula is C16H20O4. The van der Waals surface area contributed by atoms with Gasteiger partial charge in [0.05, 0.1) is 19.8 Å². The van der Waals surface area contributed by atoms with Gasteiger partial charge < -0.3 is 14.9 Å². The molecule has 2 N–H and O–H groups in total. The van der Waals surface area contributed by atoms with Crippen molar-refractivity contribution in [3.63, 3.8) is 0 Å². The number of aliphatic hydroxyl groups is 2. The van der Waals surface area contributed by atoms with Crippen molar-refractivity contribution in [2.75, 3.05) is 6.61 Å². The second kappa shape index (κ2) is 6.20. The highest BCUT2D eigenvalue weighted by atomic mass is 16.5. The zero-order chi connectivity index (χ0) is 14.7. The lowest BCUT2D eigenvalue weighted by molar-refractivity contribution is -0.140. The van der Waals surface area contributed by atoms with E-state index in [1.54, 1.807) is 6.92 Å². The highest BCUT2D eigenvalue weighted by Crippen LogP contribution is 2.30. The molecule has 20 heavy (non-hydrogen) atoms. The Morgan fingerprint density at radius 1 is 1.25 bits per heavy atom. The predicted molar refractivity (Wildman–Crippen MR) is 75.0 cm³/mol. The summed E-state index contributed by atoms with van der Waals surface area (Å²) in [6.07, 6.45) is 1.66. The highest BCUT2D eigenvalue weighted by Gasteiger charge is 2.24. The lowest BCUT2D eigenvalue weighted by Crippen LogP contribution is -2.14. The molecular weight excluding hydrogens is 256 g/mol. The third kappa shape index (κ3) is 3.08. The van der Waals surface area contributed by atoms with Crippen LogP contribution in [0.3, 0.4) is 0 Å². The van der Waals surface area contributed by atoms with Crippen LogP contribution in [0.1, 0.15) is 29.2 Å². The fourth-order valence-corrected chi connectivity index (χ4v) is 2.59. The van der Waals surface area contributed by atoms with E-state index in [-0.39, 0.29) is 25.1 Å². The lowest BCUT2D eigenvalue weighted by Gasteiger charge is -2.09. The maximum absolute atomic E-state index is 11.4. The van der Waals surface area contributed by atoms with Crippen LogP contribution >= 0.6 is 0 Å². The molecule has 0 unspecified atom stereocenters. The SMILES string of the molecule is C=C(C)C(=O)OCC1Cc2cc(CO)c(CO)cc2C1. The Kier molecular flexibility index (Phi) is 4.57. The van der Waals surface area contributed by atoms with Crippen LogP contribution in [0.25, 0.3) is 0 Å². The first-order chi connectivity index (χ1) is 9.55. The van der Waals surface area contributed by atoms with Crippen LogP contribution in [-0.2, 0) is 35.6 Å². The molecule has 0 aliphatic heterocycles. The Bertz CT molecular complexity index is 501. The molecule has 4 nitrogen and oxygen atoms in total. The minimum Gasteiger partial charge on any atom is -0.462 e. The minimum absolute atomic E-state index is 0.0709. The van der Waals surface area contributed by atoms with E-state index in [1.807, 2.05) is 12.1 Å². The second-order valence-corrected chi connectivity index (χ2v) is 5.36. The summed E-state index contributed by atoms with van der Waals surface area (Å²) in [5.41, 5.74) is 4.28. The fourth-order valence-electron chi connectivity index (χ4n) is 2.59. The summed E-state index contributed by atoms with van der Waals surface area (Å²) in [6.45, 7) is 5.42. The van der Waals surface area contributed by atoms with E-state index in [4.69, 9.17) is 4.74 Å². The first kappa shape index (κ1) is 14.8. The molecule has 0 saturated heterocycles. The number of carbonyl (C=O) groups excluding carboxylic acids is 1. The van der Waals surface area contributed by atoms with Crippen LogP contribution in [-0.4, -0.2) is 22.8 Å². The van der Waals surface area contributed by atoms with Gasteiger partial charge in [0, 0.05) is 11.5 Å². The molecule has 0 saturated carbocycles. The Balaban J connectivity index is 2.04. The molecule has 2 rings (SSSR count). The van der Waals surface area contributed by atoms with Crippen molar-refractivity contribution in [1.29, 1.82) is 0 Å². The number of rotatable bonds is 5. The molecule has 0 aromatic heterocycles. The second-order valence-electron chi connectivity index (χ2n) is 5.36. The van der Waals surface area contributed by atoms with Gasteiger partial charge in [-0.05, 0) is 42.0 Å². The van der Waals surface area contributed by atoms with E-state index in [0.29, 0.717) is 12.2 Å². The molecule has 1 aliphatic rings. The average Bonchev–Trinajstić information content (AvgIpc) is 2.84. The van der Waals surface area contributed by atoms with Crippen molar-refractivity contribution in [1.82, 2.24) is 0 Å². The lowest BCUT2D eigenvalue weighted by atomic mass is 10.0. The quantitative estimate of drug-likeness (QED) is 0.632. The van der Waals surface area contributed by atoms with Gasteiger partial charge in [-0.15, -0.1) is 0 Å². The van der Waals surface area contributed by atoms with Crippen LogP contribution in [0.15, 0.2) is 24.3 Å². The van der Waals surface area contributed by atoms with Gasteiger partial charge in [-0.25, -0.2) is 4.79 Å². The Morgan fingerprint density at radius 3 is 2.15 bits per heavy atom. The van der Waals surface area contributed by atoms with E-state index >= 15 is 0 Å². The number of ether oxygens (including phenoxy) is 1. The van der Waals surface area contributed by atoms with Gasteiger partial charge in [0.2, 0.25) is 0 Å². The minimum atomic E-state index is -0.354. The van der Waals surface area contributed by atoms with E-state index in [9.17, 15) is 15.0 Å². The Hall–Kier alpha value is -1.65. The zero-order valence-electron chi connectivity index (χ0n) is 11.7. The Labute approximate surface area is 118 Å². The van der Waals surface area contributed by atoms with Crippen molar-refractivity contribution in [2.24, 2.45) is 5.92 Å². The molecule has 0 atom stereocenters. The summed E-state index contributed by atoms with van der Waals surface area (Å²) in [5.74, 6) is -0.0955. The maximum Gasteiger partial charge on any atom is 0.333 e. The molecule has 4 heteroatoms. The van der Waals surface area contributed by atoms with Crippen molar-refractivity contribution in [3.05, 3.63) is 46.5 Å². The van der Waals surface area contributed by atoms with Crippen molar-refractivity contribution in [3.8, 4) is 0 Å². The van der Waals surface area contributed by atoms with Gasteiger partial charge in [-0.3, -0.25) is 0 Å². The van der Waals surface area contributed by atoms with Crippen LogP contribution in [0.5, 0.6) is 0 Å². The first-order valence-corrected chi connectivity index (χ1v) is 6.73. The molecule has 1 aliphatic carbocycles. The van der Waals surface area contributed by atoms with Gasteiger partial charge in [0.1, 0.15) is 0 Å². The van der Waals surface area contributed by atoms with Crippen LogP contribution in [0, 0.1) is 5.92 Å². The molecule has 1 aromatic rings. The van der Waals surface area contributed by atoms with Crippen LogP contribution < -0.4 is 0 Å². The van der Waals surface area contributed by atoms with Crippen LogP contribution in [0.4, 0.5) is 0 Å². The highest BCUT2D eigenvalue weighted by molar-refractivity contribution is 5.86. The summed E-state index contributed by atoms with van der Waals surface area (Å²) < 4.78 is 5.19. The standard InChI is InChI=1S/C16H20O4/c1-10(2)16(19)20-9-11-3-12-5-14(7-17)15(8-18)6-13(12)4-11/h5-6,11,17-18H,1,3-4,7-9H2,2H3. The van der Waals surface area contributed by atoms with Gasteiger partial charge in [0.15, 0.2) is 0 Å². The summed E-state index contributed by atoms with van der Waals surface area (Å²) in [5, 5.41) is 18.6. The number of carbonyl (C=O) groups is 1. The fraction of sp³-hybridized carbons (Fsp3) is 0.438. The number of aliphatic hydroxyl groups excluding tert-OH is 2. The number of benzene rings is 1. The molecule has 0 bridgehead atoms. The van der Waals surface area contributed by atoms with Gasteiger partial charge in [-0.2, -0.15) is 0 Å². The summed E-state index contributed by atoms with van der Waals surface area (Å²) in [6, 6.07) is 3.89. The van der Waals surface area contributed by atoms with Crippen molar-refractivity contribution < 1.29 is 19.7 Å². The molecule has 0 amide bonds. The monoisotopic (exact) mass is 276 g/mol. The molecule has 0 radical (unpaired) electrons. The molecule has 108 valence electrons. The first-order valence-electron chi connectivity index (χ1n) is 6.73. The molecule has 0 fully saturated rings. The predicted octanol–water partition coefficient (Wildman–Crippen LogP) is 1.51. The average molecular weight is 276 g/mol. The topological polar surface area (TPSA) is 66.8 Å². The molecule has 0 heterocycles. The summed E-state index contributed by atoms with van der Waals surface area (Å²) in [7, 11) is 0. The largest absolute Gasteiger partial charge is 0.462 e. The smallest absolute Gasteiger partial charge is 0.333 e. The maximum atomic E-state index is 11.4. The summed E-state index contributed by atoms with van der Waals surface area (Å²) in [4.78, 5) is 11.4. The van der Waals surface area contributed by atoms with Crippen molar-refractivity contribution >= 4 is 5.97 Å².